The van der Waals surface area contributed by atoms with E-state index in [0.717, 1.165) is 19.3 Å². The summed E-state index contributed by atoms with van der Waals surface area (Å²) >= 11 is 0. The van der Waals surface area contributed by atoms with E-state index in [0.29, 0.717) is 17.4 Å². The molecule has 0 amide bonds. The molecule has 3 rings (SSSR count). The van der Waals surface area contributed by atoms with Crippen molar-refractivity contribution in [3.63, 3.8) is 0 Å². The van der Waals surface area contributed by atoms with Crippen molar-refractivity contribution in [2.75, 3.05) is 0 Å². The molecular weight excluding hydrogens is 272 g/mol. The molecule has 1 heterocycles. The fourth-order valence-electron chi connectivity index (χ4n) is 4.54. The fraction of sp³-hybridized carbons (Fsp3) is 0.750. The van der Waals surface area contributed by atoms with Crippen LogP contribution in [0.1, 0.15) is 33.1 Å². The van der Waals surface area contributed by atoms with Crippen molar-refractivity contribution < 1.29 is 24.2 Å². The molecule has 3 fully saturated rings. The summed E-state index contributed by atoms with van der Waals surface area (Å²) in [5, 5.41) is 10.4. The Morgan fingerprint density at radius 2 is 2.14 bits per heavy atom. The summed E-state index contributed by atoms with van der Waals surface area (Å²) in [7, 11) is 0. The third-order valence-corrected chi connectivity index (χ3v) is 5.43. The predicted molar refractivity (Wildman–Crippen MR) is 74.1 cm³/mol. The summed E-state index contributed by atoms with van der Waals surface area (Å²) < 4.78 is 11.0. The second kappa shape index (κ2) is 5.13. The summed E-state index contributed by atoms with van der Waals surface area (Å²) in [4.78, 5) is 23.4. The average Bonchev–Trinajstić information content (AvgIpc) is 2.86. The van der Waals surface area contributed by atoms with Crippen LogP contribution in [0.2, 0.25) is 0 Å². The molecule has 5 nitrogen and oxygen atoms in total. The second-order valence-electron chi connectivity index (χ2n) is 6.67. The van der Waals surface area contributed by atoms with E-state index in [4.69, 9.17) is 9.47 Å². The number of carbonyl (C=O) groups excluding carboxylic acids is 2. The van der Waals surface area contributed by atoms with Crippen LogP contribution in [0, 0.1) is 23.7 Å². The predicted octanol–water partition coefficient (Wildman–Crippen LogP) is 1.44. The fourth-order valence-corrected chi connectivity index (χ4v) is 4.54. The lowest BCUT2D eigenvalue weighted by Crippen LogP contribution is -2.41. The van der Waals surface area contributed by atoms with Gasteiger partial charge in [0.25, 0.3) is 0 Å². The number of ether oxygens (including phenoxy) is 2. The van der Waals surface area contributed by atoms with Crippen LogP contribution in [-0.4, -0.2) is 35.4 Å². The molecule has 0 aromatic carbocycles. The van der Waals surface area contributed by atoms with Gasteiger partial charge >= 0.3 is 11.9 Å². The van der Waals surface area contributed by atoms with Gasteiger partial charge in [-0.15, -0.1) is 0 Å². The summed E-state index contributed by atoms with van der Waals surface area (Å²) in [6, 6.07) is 0. The molecule has 116 valence electrons. The minimum absolute atomic E-state index is 0.134. The lowest BCUT2D eigenvalue weighted by Gasteiger charge is -2.32. The van der Waals surface area contributed by atoms with Gasteiger partial charge in [-0.25, -0.2) is 4.79 Å². The topological polar surface area (TPSA) is 72.8 Å². The third-order valence-electron chi connectivity index (χ3n) is 5.43. The number of hydrogen-bond donors (Lipinski definition) is 1. The highest BCUT2D eigenvalue weighted by Crippen LogP contribution is 2.50. The Morgan fingerprint density at radius 3 is 2.81 bits per heavy atom. The Kier molecular flexibility index (Phi) is 3.56. The molecule has 2 saturated carbocycles. The average molecular weight is 294 g/mol. The molecule has 0 spiro atoms. The number of fused-ring (bicyclic) bond motifs is 2. The van der Waals surface area contributed by atoms with E-state index >= 15 is 0 Å². The van der Waals surface area contributed by atoms with Gasteiger partial charge in [0.2, 0.25) is 0 Å². The van der Waals surface area contributed by atoms with Gasteiger partial charge in [0.1, 0.15) is 12.2 Å². The van der Waals surface area contributed by atoms with Crippen molar-refractivity contribution in [2.24, 2.45) is 23.7 Å². The number of hydrogen-bond acceptors (Lipinski definition) is 5. The maximum atomic E-state index is 11.8. The smallest absolute Gasteiger partial charge is 0.334 e. The van der Waals surface area contributed by atoms with Gasteiger partial charge in [-0.1, -0.05) is 13.5 Å². The van der Waals surface area contributed by atoms with Gasteiger partial charge in [-0.05, 0) is 31.1 Å². The first-order valence-corrected chi connectivity index (χ1v) is 7.65. The maximum absolute atomic E-state index is 11.8. The summed E-state index contributed by atoms with van der Waals surface area (Å²) in [6.45, 7) is 7.32. The van der Waals surface area contributed by atoms with E-state index in [1.54, 1.807) is 0 Å². The van der Waals surface area contributed by atoms with Crippen LogP contribution in [-0.2, 0) is 19.1 Å². The van der Waals surface area contributed by atoms with Crippen molar-refractivity contribution in [1.82, 2.24) is 0 Å². The van der Waals surface area contributed by atoms with Crippen LogP contribution in [0.15, 0.2) is 12.2 Å². The molecule has 21 heavy (non-hydrogen) atoms. The Labute approximate surface area is 124 Å². The number of rotatable bonds is 1. The lowest BCUT2D eigenvalue weighted by atomic mass is 9.79. The lowest BCUT2D eigenvalue weighted by molar-refractivity contribution is -0.156. The van der Waals surface area contributed by atoms with E-state index in [-0.39, 0.29) is 17.9 Å². The molecule has 1 saturated heterocycles. The number of aliphatic hydroxyl groups is 1. The molecule has 1 aliphatic heterocycles. The third kappa shape index (κ3) is 2.27. The van der Waals surface area contributed by atoms with Crippen LogP contribution in [0.3, 0.4) is 0 Å². The largest absolute Gasteiger partial charge is 0.461 e. The van der Waals surface area contributed by atoms with E-state index in [1.165, 1.54) is 6.92 Å². The van der Waals surface area contributed by atoms with Crippen LogP contribution < -0.4 is 0 Å². The Bertz CT molecular complexity index is 485. The monoisotopic (exact) mass is 294 g/mol. The van der Waals surface area contributed by atoms with Crippen molar-refractivity contribution in [2.45, 2.75) is 51.4 Å². The van der Waals surface area contributed by atoms with Gasteiger partial charge in [-0.2, -0.15) is 0 Å². The van der Waals surface area contributed by atoms with Crippen LogP contribution in [0.25, 0.3) is 0 Å². The highest BCUT2D eigenvalue weighted by atomic mass is 16.6. The summed E-state index contributed by atoms with van der Waals surface area (Å²) in [5.41, 5.74) is 0.373. The quantitative estimate of drug-likeness (QED) is 0.585. The van der Waals surface area contributed by atoms with Gasteiger partial charge in [-0.3, -0.25) is 4.79 Å². The van der Waals surface area contributed by atoms with E-state index < -0.39 is 24.1 Å². The normalized spacial score (nSPS) is 45.6. The number of aliphatic hydroxyl groups excluding tert-OH is 1. The molecule has 3 aliphatic rings. The first-order valence-electron chi connectivity index (χ1n) is 7.65. The first kappa shape index (κ1) is 14.6. The number of carbonyl (C=O) groups is 2. The van der Waals surface area contributed by atoms with Crippen LogP contribution in [0.4, 0.5) is 0 Å². The van der Waals surface area contributed by atoms with Crippen molar-refractivity contribution in [1.29, 1.82) is 0 Å². The highest BCUT2D eigenvalue weighted by Gasteiger charge is 2.56. The molecule has 2 aliphatic carbocycles. The second-order valence-corrected chi connectivity index (χ2v) is 6.67. The van der Waals surface area contributed by atoms with Gasteiger partial charge in [0.15, 0.2) is 0 Å². The van der Waals surface area contributed by atoms with Crippen LogP contribution >= 0.6 is 0 Å². The van der Waals surface area contributed by atoms with E-state index in [1.807, 2.05) is 0 Å². The van der Waals surface area contributed by atoms with Crippen molar-refractivity contribution in [3.8, 4) is 0 Å². The van der Waals surface area contributed by atoms with Crippen molar-refractivity contribution in [3.05, 3.63) is 12.2 Å². The van der Waals surface area contributed by atoms with Gasteiger partial charge in [0, 0.05) is 18.4 Å². The summed E-state index contributed by atoms with van der Waals surface area (Å²) in [5.74, 6) is -0.643. The van der Waals surface area contributed by atoms with E-state index in [9.17, 15) is 14.7 Å². The zero-order valence-corrected chi connectivity index (χ0v) is 12.5. The molecular formula is C16H22O5. The van der Waals surface area contributed by atoms with Crippen LogP contribution in [0.5, 0.6) is 0 Å². The van der Waals surface area contributed by atoms with Gasteiger partial charge < -0.3 is 14.6 Å². The molecule has 0 aromatic rings. The Morgan fingerprint density at radius 1 is 1.43 bits per heavy atom. The zero-order chi connectivity index (χ0) is 15.3. The minimum Gasteiger partial charge on any atom is -0.461 e. The van der Waals surface area contributed by atoms with Gasteiger partial charge in [0.05, 0.1) is 12.0 Å². The molecule has 7 unspecified atom stereocenters. The maximum Gasteiger partial charge on any atom is 0.334 e. The standard InChI is InChI=1S/C16H22O5/c1-7-6-12-13(8(2)16(19)21-12)15(20-9(3)17)14-10(7)4-5-11(14)18/h7,10-15,18H,2,4-6H2,1,3H3. The van der Waals surface area contributed by atoms with E-state index in [2.05, 4.69) is 13.5 Å². The SMILES string of the molecule is C=C1C(=O)OC2CC(C)C3CCC(O)C3C(OC(C)=O)C12. The Hall–Kier alpha value is -1.36. The highest BCUT2D eigenvalue weighted by molar-refractivity contribution is 5.91. The molecule has 0 aromatic heterocycles. The first-order chi connectivity index (χ1) is 9.90. The number of esters is 2. The molecule has 0 radical (unpaired) electrons. The molecule has 1 N–H and O–H groups in total. The minimum atomic E-state index is -0.515. The Balaban J connectivity index is 2.01. The molecule has 0 bridgehead atoms. The van der Waals surface area contributed by atoms with Crippen molar-refractivity contribution >= 4 is 11.9 Å². The molecule has 5 heteroatoms. The summed E-state index contributed by atoms with van der Waals surface area (Å²) in [6.07, 6.45) is 1.08. The molecule has 7 atom stereocenters. The zero-order valence-electron chi connectivity index (χ0n) is 12.5.